The molecule has 0 amide bonds. The third-order valence-electron chi connectivity index (χ3n) is 2.81. The monoisotopic (exact) mass is 319 g/mol. The highest BCUT2D eigenvalue weighted by Crippen LogP contribution is 2.29. The van der Waals surface area contributed by atoms with Gasteiger partial charge in [-0.3, -0.25) is 4.99 Å². The lowest BCUT2D eigenvalue weighted by Gasteiger charge is -2.12. The third-order valence-corrected chi connectivity index (χ3v) is 3.42. The first-order valence-electron chi connectivity index (χ1n) is 6.57. The summed E-state index contributed by atoms with van der Waals surface area (Å²) in [5.41, 5.74) is 0.240. The van der Waals surface area contributed by atoms with Crippen LogP contribution in [-0.4, -0.2) is 38.1 Å². The van der Waals surface area contributed by atoms with E-state index in [-0.39, 0.29) is 0 Å². The van der Waals surface area contributed by atoms with E-state index in [1.165, 1.54) is 12.1 Å². The first-order chi connectivity index (χ1) is 9.97. The van der Waals surface area contributed by atoms with Crippen molar-refractivity contribution in [3.05, 3.63) is 35.4 Å². The molecule has 0 atom stereocenters. The van der Waals surface area contributed by atoms with Gasteiger partial charge in [-0.1, -0.05) is 12.1 Å². The standard InChI is InChI=1S/C14H20F3N3S/c1-18-13(20-9-10-21-2)19-8-7-11-3-5-12(6-4-11)14(15,16)17/h3-6H,7-10H2,1-2H3,(H2,18,19,20). The Bertz CT molecular complexity index is 444. The summed E-state index contributed by atoms with van der Waals surface area (Å²) in [6.45, 7) is 1.44. The van der Waals surface area contributed by atoms with Crippen LogP contribution in [0.1, 0.15) is 11.1 Å². The minimum atomic E-state index is -4.28. The molecule has 0 spiro atoms. The van der Waals surface area contributed by atoms with Crippen LogP contribution < -0.4 is 10.6 Å². The van der Waals surface area contributed by atoms with Gasteiger partial charge in [0.05, 0.1) is 5.56 Å². The summed E-state index contributed by atoms with van der Waals surface area (Å²) < 4.78 is 37.3. The molecule has 3 nitrogen and oxygen atoms in total. The van der Waals surface area contributed by atoms with E-state index in [0.29, 0.717) is 18.9 Å². The number of aliphatic imine (C=N–C) groups is 1. The number of thioether (sulfide) groups is 1. The molecule has 0 bridgehead atoms. The van der Waals surface area contributed by atoms with E-state index in [2.05, 4.69) is 15.6 Å². The first-order valence-corrected chi connectivity index (χ1v) is 7.96. The molecular formula is C14H20F3N3S. The Labute approximate surface area is 127 Å². The Hall–Kier alpha value is -1.37. The fourth-order valence-electron chi connectivity index (χ4n) is 1.68. The van der Waals surface area contributed by atoms with Crippen LogP contribution in [-0.2, 0) is 12.6 Å². The molecule has 7 heteroatoms. The van der Waals surface area contributed by atoms with Crippen molar-refractivity contribution < 1.29 is 13.2 Å². The van der Waals surface area contributed by atoms with E-state index >= 15 is 0 Å². The fourth-order valence-corrected chi connectivity index (χ4v) is 1.98. The molecule has 0 aliphatic heterocycles. The molecule has 1 aromatic rings. The van der Waals surface area contributed by atoms with Crippen LogP contribution >= 0.6 is 11.8 Å². The maximum absolute atomic E-state index is 12.4. The van der Waals surface area contributed by atoms with E-state index in [1.54, 1.807) is 18.8 Å². The second kappa shape index (κ2) is 8.81. The minimum Gasteiger partial charge on any atom is -0.356 e. The number of halogens is 3. The largest absolute Gasteiger partial charge is 0.416 e. The molecule has 1 rings (SSSR count). The first kappa shape index (κ1) is 17.7. The second-order valence-corrected chi connectivity index (χ2v) is 5.35. The zero-order valence-electron chi connectivity index (χ0n) is 12.1. The predicted octanol–water partition coefficient (Wildman–Crippen LogP) is 2.78. The van der Waals surface area contributed by atoms with Gasteiger partial charge in [-0.05, 0) is 30.4 Å². The van der Waals surface area contributed by atoms with Gasteiger partial charge in [-0.25, -0.2) is 0 Å². The Balaban J connectivity index is 2.38. The molecule has 0 saturated heterocycles. The fraction of sp³-hybridized carbons (Fsp3) is 0.500. The molecule has 0 unspecified atom stereocenters. The molecule has 0 aliphatic carbocycles. The molecule has 2 N–H and O–H groups in total. The third kappa shape index (κ3) is 6.75. The van der Waals surface area contributed by atoms with Crippen molar-refractivity contribution in [2.24, 2.45) is 4.99 Å². The van der Waals surface area contributed by atoms with Gasteiger partial charge in [0, 0.05) is 25.9 Å². The number of hydrogen-bond donors (Lipinski definition) is 2. The zero-order chi connectivity index (χ0) is 15.7. The van der Waals surface area contributed by atoms with Crippen molar-refractivity contribution in [1.82, 2.24) is 10.6 Å². The van der Waals surface area contributed by atoms with Crippen LogP contribution in [0.2, 0.25) is 0 Å². The smallest absolute Gasteiger partial charge is 0.356 e. The second-order valence-electron chi connectivity index (χ2n) is 4.36. The summed E-state index contributed by atoms with van der Waals surface area (Å²) in [6.07, 6.45) is -1.61. The highest BCUT2D eigenvalue weighted by atomic mass is 32.2. The molecule has 1 aromatic carbocycles. The van der Waals surface area contributed by atoms with Gasteiger partial charge in [0.1, 0.15) is 0 Å². The number of nitrogens with zero attached hydrogens (tertiary/aromatic N) is 1. The molecule has 0 aliphatic rings. The molecule has 0 aromatic heterocycles. The topological polar surface area (TPSA) is 36.4 Å². The van der Waals surface area contributed by atoms with E-state index in [9.17, 15) is 13.2 Å². The van der Waals surface area contributed by atoms with E-state index in [1.807, 2.05) is 6.26 Å². The van der Waals surface area contributed by atoms with Crippen LogP contribution in [0, 0.1) is 0 Å². The average molecular weight is 319 g/mol. The van der Waals surface area contributed by atoms with Crippen LogP contribution in [0.5, 0.6) is 0 Å². The Morgan fingerprint density at radius 1 is 1.14 bits per heavy atom. The molecule has 0 radical (unpaired) electrons. The highest BCUT2D eigenvalue weighted by Gasteiger charge is 2.29. The summed E-state index contributed by atoms with van der Waals surface area (Å²) in [7, 11) is 1.69. The lowest BCUT2D eigenvalue weighted by molar-refractivity contribution is -0.137. The molecule has 0 fully saturated rings. The molecular weight excluding hydrogens is 299 g/mol. The maximum atomic E-state index is 12.4. The summed E-state index contributed by atoms with van der Waals surface area (Å²) in [5, 5.41) is 6.28. The van der Waals surface area contributed by atoms with Gasteiger partial charge in [0.2, 0.25) is 0 Å². The summed E-state index contributed by atoms with van der Waals surface area (Å²) in [6, 6.07) is 5.24. The Morgan fingerprint density at radius 2 is 1.76 bits per heavy atom. The van der Waals surface area contributed by atoms with Crippen molar-refractivity contribution in [2.75, 3.05) is 32.1 Å². The SMILES string of the molecule is CN=C(NCCSC)NCCc1ccc(C(F)(F)F)cc1. The summed E-state index contributed by atoms with van der Waals surface area (Å²) in [5.74, 6) is 1.69. The van der Waals surface area contributed by atoms with E-state index < -0.39 is 11.7 Å². The summed E-state index contributed by atoms with van der Waals surface area (Å²) in [4.78, 5) is 4.07. The van der Waals surface area contributed by atoms with Crippen molar-refractivity contribution in [3.8, 4) is 0 Å². The molecule has 21 heavy (non-hydrogen) atoms. The van der Waals surface area contributed by atoms with Crippen molar-refractivity contribution >= 4 is 17.7 Å². The maximum Gasteiger partial charge on any atom is 0.416 e. The van der Waals surface area contributed by atoms with E-state index in [4.69, 9.17) is 0 Å². The zero-order valence-corrected chi connectivity index (χ0v) is 12.9. The van der Waals surface area contributed by atoms with E-state index in [0.717, 1.165) is 30.0 Å². The molecule has 118 valence electrons. The summed E-state index contributed by atoms with van der Waals surface area (Å²) >= 11 is 1.74. The Morgan fingerprint density at radius 3 is 2.29 bits per heavy atom. The number of nitrogens with one attached hydrogen (secondary N) is 2. The number of hydrogen-bond acceptors (Lipinski definition) is 2. The van der Waals surface area contributed by atoms with Gasteiger partial charge in [-0.15, -0.1) is 0 Å². The number of guanidine groups is 1. The van der Waals surface area contributed by atoms with Gasteiger partial charge < -0.3 is 10.6 Å². The van der Waals surface area contributed by atoms with Crippen LogP contribution in [0.4, 0.5) is 13.2 Å². The normalized spacial score (nSPS) is 12.3. The lowest BCUT2D eigenvalue weighted by Crippen LogP contribution is -2.39. The van der Waals surface area contributed by atoms with Gasteiger partial charge in [-0.2, -0.15) is 24.9 Å². The highest BCUT2D eigenvalue weighted by molar-refractivity contribution is 7.98. The van der Waals surface area contributed by atoms with Crippen LogP contribution in [0.25, 0.3) is 0 Å². The quantitative estimate of drug-likeness (QED) is 0.481. The van der Waals surface area contributed by atoms with Crippen molar-refractivity contribution in [1.29, 1.82) is 0 Å². The van der Waals surface area contributed by atoms with Crippen molar-refractivity contribution in [2.45, 2.75) is 12.6 Å². The van der Waals surface area contributed by atoms with Crippen molar-refractivity contribution in [3.63, 3.8) is 0 Å². The number of benzene rings is 1. The minimum absolute atomic E-state index is 0.615. The van der Waals surface area contributed by atoms with Gasteiger partial charge >= 0.3 is 6.18 Å². The number of alkyl halides is 3. The Kier molecular flexibility index (Phi) is 7.42. The predicted molar refractivity (Wildman–Crippen MR) is 82.9 cm³/mol. The van der Waals surface area contributed by atoms with Gasteiger partial charge in [0.25, 0.3) is 0 Å². The molecule has 0 saturated carbocycles. The molecule has 0 heterocycles. The average Bonchev–Trinajstić information content (AvgIpc) is 2.45. The number of rotatable bonds is 6. The van der Waals surface area contributed by atoms with Gasteiger partial charge in [0.15, 0.2) is 5.96 Å². The van der Waals surface area contributed by atoms with Crippen LogP contribution in [0.3, 0.4) is 0 Å². The lowest BCUT2D eigenvalue weighted by atomic mass is 10.1. The van der Waals surface area contributed by atoms with Crippen LogP contribution in [0.15, 0.2) is 29.3 Å².